The molecule has 0 N–H and O–H groups in total. The number of fused-ring (bicyclic) bond motifs is 2. The Morgan fingerprint density at radius 2 is 2.40 bits per heavy atom. The number of hydrogen-bond acceptors (Lipinski definition) is 2. The van der Waals surface area contributed by atoms with Crippen molar-refractivity contribution >= 4 is 0 Å². The van der Waals surface area contributed by atoms with Crippen LogP contribution in [0.2, 0.25) is 0 Å². The van der Waals surface area contributed by atoms with E-state index in [1.165, 1.54) is 24.8 Å². The molecule has 2 atom stereocenters. The van der Waals surface area contributed by atoms with E-state index in [-0.39, 0.29) is 0 Å². The zero-order chi connectivity index (χ0) is 10.3. The summed E-state index contributed by atoms with van der Waals surface area (Å²) >= 11 is 0. The predicted octanol–water partition coefficient (Wildman–Crippen LogP) is 2.52. The van der Waals surface area contributed by atoms with Crippen molar-refractivity contribution in [2.24, 2.45) is 0 Å². The van der Waals surface area contributed by atoms with E-state index in [1.54, 1.807) is 7.11 Å². The quantitative estimate of drug-likeness (QED) is 0.737. The van der Waals surface area contributed by atoms with Gasteiger partial charge in [0.05, 0.1) is 19.8 Å². The molecular formula is C13H16O2. The van der Waals surface area contributed by atoms with Gasteiger partial charge in [-0.2, -0.15) is 0 Å². The molecule has 1 saturated heterocycles. The number of hydrogen-bond donors (Lipinski definition) is 0. The third-order valence-corrected chi connectivity index (χ3v) is 3.84. The molecule has 0 spiro atoms. The number of methoxy groups -OCH3 is 1. The van der Waals surface area contributed by atoms with E-state index >= 15 is 0 Å². The van der Waals surface area contributed by atoms with Gasteiger partial charge < -0.3 is 9.47 Å². The number of benzene rings is 1. The predicted molar refractivity (Wildman–Crippen MR) is 58.3 cm³/mol. The summed E-state index contributed by atoms with van der Waals surface area (Å²) in [6, 6.07) is 8.45. The minimum absolute atomic E-state index is 0.291. The van der Waals surface area contributed by atoms with Crippen LogP contribution in [0.25, 0.3) is 0 Å². The lowest BCUT2D eigenvalue weighted by atomic mass is 9.80. The van der Waals surface area contributed by atoms with Crippen molar-refractivity contribution < 1.29 is 9.47 Å². The average molecular weight is 204 g/mol. The standard InChI is InChI=1S/C13H16O2/c1-14-11-4-2-3-10(7-11)13-6-5-12(8-13)15-9-13/h2-4,7,12H,5-6,8-9H2,1H3. The monoisotopic (exact) mass is 204 g/mol. The van der Waals surface area contributed by atoms with Gasteiger partial charge in [-0.3, -0.25) is 0 Å². The fourth-order valence-corrected chi connectivity index (χ4v) is 2.93. The fourth-order valence-electron chi connectivity index (χ4n) is 2.93. The van der Waals surface area contributed by atoms with E-state index in [9.17, 15) is 0 Å². The Hall–Kier alpha value is -1.02. The van der Waals surface area contributed by atoms with Crippen molar-refractivity contribution in [2.75, 3.05) is 13.7 Å². The Balaban J connectivity index is 1.98. The second-order valence-electron chi connectivity index (χ2n) is 4.69. The first-order valence-corrected chi connectivity index (χ1v) is 5.59. The van der Waals surface area contributed by atoms with E-state index in [0.717, 1.165) is 12.4 Å². The summed E-state index contributed by atoms with van der Waals surface area (Å²) in [6.07, 6.45) is 4.19. The maximum absolute atomic E-state index is 5.74. The van der Waals surface area contributed by atoms with Crippen LogP contribution in [-0.2, 0) is 10.2 Å². The van der Waals surface area contributed by atoms with Crippen molar-refractivity contribution in [3.63, 3.8) is 0 Å². The molecule has 2 bridgehead atoms. The van der Waals surface area contributed by atoms with Gasteiger partial charge in [0.1, 0.15) is 5.75 Å². The highest BCUT2D eigenvalue weighted by Gasteiger charge is 2.47. The molecule has 1 aromatic rings. The molecule has 2 nitrogen and oxygen atoms in total. The van der Waals surface area contributed by atoms with Crippen LogP contribution in [0.3, 0.4) is 0 Å². The molecule has 15 heavy (non-hydrogen) atoms. The fraction of sp³-hybridized carbons (Fsp3) is 0.538. The molecule has 0 radical (unpaired) electrons. The van der Waals surface area contributed by atoms with Gasteiger partial charge in [-0.25, -0.2) is 0 Å². The summed E-state index contributed by atoms with van der Waals surface area (Å²) < 4.78 is 11.0. The van der Waals surface area contributed by atoms with Gasteiger partial charge >= 0.3 is 0 Å². The van der Waals surface area contributed by atoms with Gasteiger partial charge in [-0.05, 0) is 37.0 Å². The molecule has 2 fully saturated rings. The van der Waals surface area contributed by atoms with Gasteiger partial charge in [0.15, 0.2) is 0 Å². The summed E-state index contributed by atoms with van der Waals surface area (Å²) in [5, 5.41) is 0. The van der Waals surface area contributed by atoms with Crippen LogP contribution in [0.1, 0.15) is 24.8 Å². The second kappa shape index (κ2) is 3.24. The van der Waals surface area contributed by atoms with E-state index in [2.05, 4.69) is 18.2 Å². The number of ether oxygens (including phenoxy) is 2. The maximum Gasteiger partial charge on any atom is 0.119 e. The zero-order valence-electron chi connectivity index (χ0n) is 9.03. The van der Waals surface area contributed by atoms with E-state index in [1.807, 2.05) is 6.07 Å². The zero-order valence-corrected chi connectivity index (χ0v) is 9.03. The molecule has 1 heterocycles. The van der Waals surface area contributed by atoms with Crippen LogP contribution in [0.15, 0.2) is 24.3 Å². The van der Waals surface area contributed by atoms with Crippen molar-refractivity contribution in [3.8, 4) is 5.75 Å². The first-order valence-electron chi connectivity index (χ1n) is 5.59. The van der Waals surface area contributed by atoms with Crippen molar-refractivity contribution in [2.45, 2.75) is 30.8 Å². The SMILES string of the molecule is COc1cccc(C23CCC(C2)OC3)c1. The molecule has 1 aromatic carbocycles. The van der Waals surface area contributed by atoms with Gasteiger partial charge in [0.2, 0.25) is 0 Å². The van der Waals surface area contributed by atoms with E-state index in [0.29, 0.717) is 11.5 Å². The molecule has 80 valence electrons. The maximum atomic E-state index is 5.74. The highest BCUT2D eigenvalue weighted by Crippen LogP contribution is 2.48. The summed E-state index contributed by atoms with van der Waals surface area (Å²) in [5.74, 6) is 0.956. The highest BCUT2D eigenvalue weighted by atomic mass is 16.5. The first-order chi connectivity index (χ1) is 7.32. The highest BCUT2D eigenvalue weighted by molar-refractivity contribution is 5.36. The summed E-state index contributed by atoms with van der Waals surface area (Å²) in [5.41, 5.74) is 1.68. The van der Waals surface area contributed by atoms with Gasteiger partial charge in [0, 0.05) is 5.41 Å². The van der Waals surface area contributed by atoms with E-state index < -0.39 is 0 Å². The van der Waals surface area contributed by atoms with Gasteiger partial charge in [0.25, 0.3) is 0 Å². The molecule has 0 amide bonds. The van der Waals surface area contributed by atoms with Gasteiger partial charge in [-0.1, -0.05) is 12.1 Å². The van der Waals surface area contributed by atoms with Crippen LogP contribution in [0.5, 0.6) is 5.75 Å². The summed E-state index contributed by atoms with van der Waals surface area (Å²) in [6.45, 7) is 0.894. The lowest BCUT2D eigenvalue weighted by molar-refractivity contribution is 0.0698. The van der Waals surface area contributed by atoms with E-state index in [4.69, 9.17) is 9.47 Å². The molecule has 2 aliphatic rings. The van der Waals surface area contributed by atoms with Crippen LogP contribution in [0.4, 0.5) is 0 Å². The smallest absolute Gasteiger partial charge is 0.119 e. The molecule has 1 aliphatic heterocycles. The van der Waals surface area contributed by atoms with Crippen molar-refractivity contribution in [1.29, 1.82) is 0 Å². The molecule has 2 unspecified atom stereocenters. The lowest BCUT2D eigenvalue weighted by Crippen LogP contribution is -2.25. The van der Waals surface area contributed by atoms with Crippen LogP contribution < -0.4 is 4.74 Å². The minimum atomic E-state index is 0.291. The molecule has 2 heteroatoms. The van der Waals surface area contributed by atoms with Crippen molar-refractivity contribution in [1.82, 2.24) is 0 Å². The molecular weight excluding hydrogens is 188 g/mol. The number of rotatable bonds is 2. The molecule has 3 rings (SSSR count). The Labute approximate surface area is 90.2 Å². The topological polar surface area (TPSA) is 18.5 Å². The Morgan fingerprint density at radius 1 is 1.47 bits per heavy atom. The Bertz CT molecular complexity index is 365. The third-order valence-electron chi connectivity index (χ3n) is 3.84. The lowest BCUT2D eigenvalue weighted by Gasteiger charge is -2.26. The summed E-state index contributed by atoms with van der Waals surface area (Å²) in [4.78, 5) is 0. The molecule has 0 aromatic heterocycles. The van der Waals surface area contributed by atoms with Crippen LogP contribution in [-0.4, -0.2) is 19.8 Å². The van der Waals surface area contributed by atoms with Crippen LogP contribution >= 0.6 is 0 Å². The largest absolute Gasteiger partial charge is 0.497 e. The van der Waals surface area contributed by atoms with Gasteiger partial charge in [-0.15, -0.1) is 0 Å². The Morgan fingerprint density at radius 3 is 3.00 bits per heavy atom. The van der Waals surface area contributed by atoms with Crippen LogP contribution in [0, 0.1) is 0 Å². The summed E-state index contributed by atoms with van der Waals surface area (Å²) in [7, 11) is 1.72. The minimum Gasteiger partial charge on any atom is -0.497 e. The van der Waals surface area contributed by atoms with Crippen molar-refractivity contribution in [3.05, 3.63) is 29.8 Å². The average Bonchev–Trinajstić information content (AvgIpc) is 2.90. The molecule has 1 aliphatic carbocycles. The second-order valence-corrected chi connectivity index (χ2v) is 4.69. The molecule has 1 saturated carbocycles. The Kier molecular flexibility index (Phi) is 1.99. The third kappa shape index (κ3) is 1.36. The first kappa shape index (κ1) is 9.22. The normalized spacial score (nSPS) is 33.3.